The highest BCUT2D eigenvalue weighted by Gasteiger charge is 2.18. The SMILES string of the molecule is NC(=NCc1ccc(Cl)cn1)N1CCN(c2ccc(F)cc2)CC1. The van der Waals surface area contributed by atoms with Gasteiger partial charge in [-0.05, 0) is 36.4 Å². The molecule has 1 aliphatic heterocycles. The van der Waals surface area contributed by atoms with Crippen molar-refractivity contribution in [3.8, 4) is 0 Å². The standard InChI is InChI=1S/C17H19ClFN5/c18-13-1-4-15(21-11-13)12-22-17(20)24-9-7-23(8-10-24)16-5-2-14(19)3-6-16/h1-6,11H,7-10,12H2,(H2,20,22). The molecule has 1 aromatic carbocycles. The number of pyridine rings is 1. The normalized spacial score (nSPS) is 15.7. The summed E-state index contributed by atoms with van der Waals surface area (Å²) in [6, 6.07) is 10.2. The minimum absolute atomic E-state index is 0.218. The summed E-state index contributed by atoms with van der Waals surface area (Å²) in [5.41, 5.74) is 7.94. The van der Waals surface area contributed by atoms with Crippen molar-refractivity contribution in [2.24, 2.45) is 10.7 Å². The van der Waals surface area contributed by atoms with E-state index in [0.29, 0.717) is 17.5 Å². The number of guanidine groups is 1. The number of aromatic nitrogens is 1. The van der Waals surface area contributed by atoms with E-state index in [-0.39, 0.29) is 5.82 Å². The Kier molecular flexibility index (Phi) is 5.15. The largest absolute Gasteiger partial charge is 0.370 e. The molecular weight excluding hydrogens is 329 g/mol. The lowest BCUT2D eigenvalue weighted by atomic mass is 10.2. The van der Waals surface area contributed by atoms with Crippen LogP contribution < -0.4 is 10.6 Å². The lowest BCUT2D eigenvalue weighted by Crippen LogP contribution is -2.51. The Morgan fingerprint density at radius 3 is 2.46 bits per heavy atom. The highest BCUT2D eigenvalue weighted by atomic mass is 35.5. The zero-order valence-corrected chi connectivity index (χ0v) is 14.0. The van der Waals surface area contributed by atoms with Crippen molar-refractivity contribution in [3.05, 3.63) is 59.1 Å². The molecule has 2 N–H and O–H groups in total. The first-order valence-electron chi connectivity index (χ1n) is 7.77. The molecule has 5 nitrogen and oxygen atoms in total. The number of benzene rings is 1. The Bertz CT molecular complexity index is 694. The van der Waals surface area contributed by atoms with Gasteiger partial charge in [0.05, 0.1) is 17.3 Å². The number of nitrogens with zero attached hydrogens (tertiary/aromatic N) is 4. The van der Waals surface area contributed by atoms with Gasteiger partial charge in [0.1, 0.15) is 5.82 Å². The van der Waals surface area contributed by atoms with Crippen molar-refractivity contribution in [1.29, 1.82) is 0 Å². The number of piperazine rings is 1. The fourth-order valence-electron chi connectivity index (χ4n) is 2.61. The highest BCUT2D eigenvalue weighted by Crippen LogP contribution is 2.17. The molecule has 0 spiro atoms. The summed E-state index contributed by atoms with van der Waals surface area (Å²) in [6.07, 6.45) is 1.60. The highest BCUT2D eigenvalue weighted by molar-refractivity contribution is 6.30. The van der Waals surface area contributed by atoms with Crippen molar-refractivity contribution in [1.82, 2.24) is 9.88 Å². The van der Waals surface area contributed by atoms with Gasteiger partial charge in [-0.2, -0.15) is 0 Å². The van der Waals surface area contributed by atoms with Crippen LogP contribution in [0.4, 0.5) is 10.1 Å². The van der Waals surface area contributed by atoms with Crippen LogP contribution in [0, 0.1) is 5.82 Å². The van der Waals surface area contributed by atoms with Crippen LogP contribution in [-0.4, -0.2) is 42.0 Å². The van der Waals surface area contributed by atoms with Crippen LogP contribution in [-0.2, 0) is 6.54 Å². The van der Waals surface area contributed by atoms with Gasteiger partial charge in [0.25, 0.3) is 0 Å². The number of rotatable bonds is 3. The topological polar surface area (TPSA) is 57.8 Å². The van der Waals surface area contributed by atoms with Crippen molar-refractivity contribution < 1.29 is 4.39 Å². The summed E-state index contributed by atoms with van der Waals surface area (Å²) >= 11 is 5.81. The quantitative estimate of drug-likeness (QED) is 0.684. The van der Waals surface area contributed by atoms with E-state index in [1.807, 2.05) is 6.07 Å². The van der Waals surface area contributed by atoms with Crippen LogP contribution in [0.25, 0.3) is 0 Å². The van der Waals surface area contributed by atoms with Crippen molar-refractivity contribution in [2.75, 3.05) is 31.1 Å². The maximum Gasteiger partial charge on any atom is 0.191 e. The summed E-state index contributed by atoms with van der Waals surface area (Å²) < 4.78 is 13.0. The maximum absolute atomic E-state index is 13.0. The molecule has 0 bridgehead atoms. The third kappa shape index (κ3) is 4.14. The van der Waals surface area contributed by atoms with Gasteiger partial charge in [-0.25, -0.2) is 9.38 Å². The second-order valence-electron chi connectivity index (χ2n) is 5.59. The minimum atomic E-state index is -0.218. The Morgan fingerprint density at radius 1 is 1.12 bits per heavy atom. The number of hydrogen-bond donors (Lipinski definition) is 1. The molecule has 0 radical (unpaired) electrons. The predicted octanol–water partition coefficient (Wildman–Crippen LogP) is 2.51. The third-order valence-corrected chi connectivity index (χ3v) is 4.21. The van der Waals surface area contributed by atoms with E-state index in [4.69, 9.17) is 17.3 Å². The molecule has 2 heterocycles. The number of hydrogen-bond acceptors (Lipinski definition) is 3. The van der Waals surface area contributed by atoms with Gasteiger partial charge < -0.3 is 15.5 Å². The first-order valence-corrected chi connectivity index (χ1v) is 8.15. The van der Waals surface area contributed by atoms with E-state index in [1.54, 1.807) is 24.4 Å². The molecule has 1 aliphatic rings. The molecule has 2 aromatic rings. The molecule has 7 heteroatoms. The van der Waals surface area contributed by atoms with E-state index in [9.17, 15) is 4.39 Å². The molecule has 1 aromatic heterocycles. The van der Waals surface area contributed by atoms with E-state index in [1.165, 1.54) is 12.1 Å². The molecule has 126 valence electrons. The third-order valence-electron chi connectivity index (χ3n) is 3.99. The number of halogens is 2. The fraction of sp³-hybridized carbons (Fsp3) is 0.294. The van der Waals surface area contributed by atoms with Crippen molar-refractivity contribution in [3.63, 3.8) is 0 Å². The van der Waals surface area contributed by atoms with Gasteiger partial charge in [-0.15, -0.1) is 0 Å². The molecule has 0 atom stereocenters. The first kappa shape index (κ1) is 16.5. The molecule has 0 saturated carbocycles. The molecular formula is C17H19ClFN5. The summed E-state index contributed by atoms with van der Waals surface area (Å²) in [5, 5.41) is 0.604. The molecule has 1 fully saturated rings. The molecule has 0 unspecified atom stereocenters. The maximum atomic E-state index is 13.0. The van der Waals surface area contributed by atoms with Crippen LogP contribution in [0.3, 0.4) is 0 Å². The number of anilines is 1. The van der Waals surface area contributed by atoms with Gasteiger partial charge in [0.2, 0.25) is 0 Å². The Balaban J connectivity index is 1.54. The predicted molar refractivity (Wildman–Crippen MR) is 94.8 cm³/mol. The van der Waals surface area contributed by atoms with E-state index < -0.39 is 0 Å². The Morgan fingerprint density at radius 2 is 1.83 bits per heavy atom. The number of nitrogens with two attached hydrogens (primary N) is 1. The summed E-state index contributed by atoms with van der Waals surface area (Å²) in [5.74, 6) is 0.301. The fourth-order valence-corrected chi connectivity index (χ4v) is 2.72. The van der Waals surface area contributed by atoms with E-state index >= 15 is 0 Å². The average molecular weight is 348 g/mol. The summed E-state index contributed by atoms with van der Waals surface area (Å²) in [6.45, 7) is 3.63. The van der Waals surface area contributed by atoms with Crippen LogP contribution in [0.1, 0.15) is 5.69 Å². The van der Waals surface area contributed by atoms with Gasteiger partial charge in [-0.1, -0.05) is 11.6 Å². The van der Waals surface area contributed by atoms with Gasteiger partial charge >= 0.3 is 0 Å². The first-order chi connectivity index (χ1) is 11.6. The van der Waals surface area contributed by atoms with Crippen LogP contribution in [0.15, 0.2) is 47.6 Å². The Labute approximate surface area is 145 Å². The second-order valence-corrected chi connectivity index (χ2v) is 6.03. The van der Waals surface area contributed by atoms with Gasteiger partial charge in [0, 0.05) is 38.1 Å². The molecule has 3 rings (SSSR count). The van der Waals surface area contributed by atoms with E-state index in [2.05, 4.69) is 19.8 Å². The average Bonchev–Trinajstić information content (AvgIpc) is 2.62. The molecule has 1 saturated heterocycles. The lowest BCUT2D eigenvalue weighted by Gasteiger charge is -2.36. The summed E-state index contributed by atoms with van der Waals surface area (Å²) in [7, 11) is 0. The lowest BCUT2D eigenvalue weighted by molar-refractivity contribution is 0.380. The van der Waals surface area contributed by atoms with Crippen LogP contribution in [0.5, 0.6) is 0 Å². The number of aliphatic imine (C=N–C) groups is 1. The van der Waals surface area contributed by atoms with Gasteiger partial charge in [-0.3, -0.25) is 4.98 Å². The minimum Gasteiger partial charge on any atom is -0.370 e. The van der Waals surface area contributed by atoms with Crippen molar-refractivity contribution >= 4 is 23.2 Å². The second kappa shape index (κ2) is 7.49. The molecule has 24 heavy (non-hydrogen) atoms. The zero-order valence-electron chi connectivity index (χ0n) is 13.2. The van der Waals surface area contributed by atoms with Crippen LogP contribution in [0.2, 0.25) is 5.02 Å². The smallest absolute Gasteiger partial charge is 0.191 e. The van der Waals surface area contributed by atoms with E-state index in [0.717, 1.165) is 37.6 Å². The zero-order chi connectivity index (χ0) is 16.9. The molecule has 0 amide bonds. The van der Waals surface area contributed by atoms with Crippen LogP contribution >= 0.6 is 11.6 Å². The van der Waals surface area contributed by atoms with Gasteiger partial charge in [0.15, 0.2) is 5.96 Å². The monoisotopic (exact) mass is 347 g/mol. The molecule has 0 aliphatic carbocycles. The van der Waals surface area contributed by atoms with Crippen molar-refractivity contribution in [2.45, 2.75) is 6.54 Å². The summed E-state index contributed by atoms with van der Waals surface area (Å²) in [4.78, 5) is 12.9. The Hall–Kier alpha value is -2.34.